The molecule has 0 aliphatic rings. The molecular formula is C15H14BrFN2S. The van der Waals surface area contributed by atoms with Crippen molar-refractivity contribution in [3.05, 3.63) is 57.8 Å². The topological polar surface area (TPSA) is 24.1 Å². The molecule has 0 bridgehead atoms. The highest BCUT2D eigenvalue weighted by Crippen LogP contribution is 2.22. The molecule has 0 amide bonds. The van der Waals surface area contributed by atoms with Gasteiger partial charge in [-0.05, 0) is 55.4 Å². The van der Waals surface area contributed by atoms with Crippen molar-refractivity contribution in [2.75, 3.05) is 10.6 Å². The van der Waals surface area contributed by atoms with Gasteiger partial charge in [-0.1, -0.05) is 34.1 Å². The van der Waals surface area contributed by atoms with E-state index in [1.54, 1.807) is 12.1 Å². The first kappa shape index (κ1) is 14.9. The second-order valence-corrected chi connectivity index (χ2v) is 5.79. The lowest BCUT2D eigenvalue weighted by atomic mass is 10.1. The number of rotatable bonds is 2. The molecule has 0 saturated carbocycles. The molecule has 2 aromatic rings. The van der Waals surface area contributed by atoms with Crippen LogP contribution in [0.4, 0.5) is 15.8 Å². The van der Waals surface area contributed by atoms with Crippen molar-refractivity contribution in [1.82, 2.24) is 0 Å². The van der Waals surface area contributed by atoms with Gasteiger partial charge in [0.05, 0.1) is 5.69 Å². The van der Waals surface area contributed by atoms with Gasteiger partial charge in [-0.3, -0.25) is 0 Å². The zero-order valence-corrected chi connectivity index (χ0v) is 13.5. The molecule has 0 aliphatic heterocycles. The molecule has 2 rings (SSSR count). The predicted octanol–water partition coefficient (Wildman–Crippen LogP) is 5.01. The molecule has 0 radical (unpaired) electrons. The summed E-state index contributed by atoms with van der Waals surface area (Å²) >= 11 is 8.45. The van der Waals surface area contributed by atoms with Crippen LogP contribution < -0.4 is 10.6 Å². The second-order valence-electron chi connectivity index (χ2n) is 4.47. The summed E-state index contributed by atoms with van der Waals surface area (Å²) in [5, 5.41) is 6.34. The Morgan fingerprint density at radius 3 is 2.35 bits per heavy atom. The third-order valence-electron chi connectivity index (χ3n) is 2.90. The van der Waals surface area contributed by atoms with Gasteiger partial charge in [-0.15, -0.1) is 0 Å². The minimum Gasteiger partial charge on any atom is -0.332 e. The fraction of sp³-hybridized carbons (Fsp3) is 0.133. The third-order valence-corrected chi connectivity index (χ3v) is 3.60. The zero-order chi connectivity index (χ0) is 14.7. The summed E-state index contributed by atoms with van der Waals surface area (Å²) in [6.45, 7) is 4.00. The Bertz CT molecular complexity index is 638. The van der Waals surface area contributed by atoms with Crippen LogP contribution >= 0.6 is 28.1 Å². The van der Waals surface area contributed by atoms with E-state index in [1.807, 2.05) is 32.0 Å². The fourth-order valence-corrected chi connectivity index (χ4v) is 2.41. The van der Waals surface area contributed by atoms with Crippen LogP contribution in [0.2, 0.25) is 0 Å². The summed E-state index contributed by atoms with van der Waals surface area (Å²) in [7, 11) is 0. The molecule has 5 heteroatoms. The minimum atomic E-state index is -0.356. The van der Waals surface area contributed by atoms with Crippen molar-refractivity contribution >= 4 is 44.6 Å². The smallest absolute Gasteiger partial charge is 0.175 e. The molecule has 0 aromatic heterocycles. The van der Waals surface area contributed by atoms with Crippen molar-refractivity contribution in [1.29, 1.82) is 0 Å². The minimum absolute atomic E-state index is 0.344. The Morgan fingerprint density at radius 2 is 1.75 bits per heavy atom. The average molecular weight is 353 g/mol. The molecule has 2 aromatic carbocycles. The van der Waals surface area contributed by atoms with Gasteiger partial charge in [0.1, 0.15) is 5.82 Å². The van der Waals surface area contributed by atoms with E-state index in [-0.39, 0.29) is 5.82 Å². The van der Waals surface area contributed by atoms with Crippen LogP contribution in [0.25, 0.3) is 0 Å². The lowest BCUT2D eigenvalue weighted by Gasteiger charge is -2.15. The van der Waals surface area contributed by atoms with Crippen molar-refractivity contribution < 1.29 is 4.39 Å². The summed E-state index contributed by atoms with van der Waals surface area (Å²) in [6, 6.07) is 10.8. The van der Waals surface area contributed by atoms with E-state index in [2.05, 4.69) is 26.6 Å². The van der Waals surface area contributed by atoms with E-state index in [9.17, 15) is 4.39 Å². The first-order valence-corrected chi connectivity index (χ1v) is 7.27. The van der Waals surface area contributed by atoms with E-state index in [0.717, 1.165) is 16.8 Å². The van der Waals surface area contributed by atoms with Crippen molar-refractivity contribution in [3.63, 3.8) is 0 Å². The molecule has 2 nitrogen and oxygen atoms in total. The van der Waals surface area contributed by atoms with Crippen molar-refractivity contribution in [2.24, 2.45) is 0 Å². The van der Waals surface area contributed by atoms with Crippen LogP contribution in [-0.2, 0) is 0 Å². The highest BCUT2D eigenvalue weighted by Gasteiger charge is 2.07. The normalized spacial score (nSPS) is 10.2. The number of aryl methyl sites for hydroxylation is 2. The molecule has 104 valence electrons. The predicted molar refractivity (Wildman–Crippen MR) is 89.9 cm³/mol. The Hall–Kier alpha value is -1.46. The van der Waals surface area contributed by atoms with Gasteiger partial charge in [0.2, 0.25) is 0 Å². The number of anilines is 2. The Labute approximate surface area is 131 Å². The number of nitrogens with one attached hydrogen (secondary N) is 2. The summed E-state index contributed by atoms with van der Waals surface area (Å²) in [4.78, 5) is 0. The maximum absolute atomic E-state index is 13.7. The number of hydrogen-bond donors (Lipinski definition) is 2. The van der Waals surface area contributed by atoms with Gasteiger partial charge < -0.3 is 10.6 Å². The SMILES string of the molecule is Cc1cccc(C)c1NC(=S)Nc1ccc(Br)cc1F. The van der Waals surface area contributed by atoms with Crippen LogP contribution in [-0.4, -0.2) is 5.11 Å². The van der Waals surface area contributed by atoms with Crippen LogP contribution in [0.15, 0.2) is 40.9 Å². The van der Waals surface area contributed by atoms with Gasteiger partial charge in [-0.2, -0.15) is 0 Å². The first-order chi connectivity index (χ1) is 9.47. The molecule has 20 heavy (non-hydrogen) atoms. The standard InChI is InChI=1S/C15H14BrFN2S/c1-9-4-3-5-10(2)14(9)19-15(20)18-13-7-6-11(16)8-12(13)17/h3-8H,1-2H3,(H2,18,19,20). The van der Waals surface area contributed by atoms with E-state index in [0.29, 0.717) is 15.3 Å². The van der Waals surface area contributed by atoms with Gasteiger partial charge in [0, 0.05) is 10.2 Å². The van der Waals surface area contributed by atoms with E-state index < -0.39 is 0 Å². The van der Waals surface area contributed by atoms with Gasteiger partial charge in [-0.25, -0.2) is 4.39 Å². The molecular weight excluding hydrogens is 339 g/mol. The largest absolute Gasteiger partial charge is 0.332 e. The van der Waals surface area contributed by atoms with Crippen LogP contribution in [0, 0.1) is 19.7 Å². The lowest BCUT2D eigenvalue weighted by molar-refractivity contribution is 0.631. The third kappa shape index (κ3) is 3.55. The molecule has 2 N–H and O–H groups in total. The van der Waals surface area contributed by atoms with Crippen molar-refractivity contribution in [2.45, 2.75) is 13.8 Å². The Morgan fingerprint density at radius 1 is 1.10 bits per heavy atom. The second kappa shape index (κ2) is 6.33. The molecule has 0 saturated heterocycles. The number of para-hydroxylation sites is 1. The summed E-state index contributed by atoms with van der Waals surface area (Å²) in [6.07, 6.45) is 0. The van der Waals surface area contributed by atoms with Gasteiger partial charge in [0.25, 0.3) is 0 Å². The highest BCUT2D eigenvalue weighted by molar-refractivity contribution is 9.10. The van der Waals surface area contributed by atoms with E-state index in [4.69, 9.17) is 12.2 Å². The molecule has 0 aliphatic carbocycles. The van der Waals surface area contributed by atoms with Crippen LogP contribution in [0.3, 0.4) is 0 Å². The molecule has 0 fully saturated rings. The summed E-state index contributed by atoms with van der Waals surface area (Å²) < 4.78 is 14.4. The fourth-order valence-electron chi connectivity index (χ4n) is 1.87. The lowest BCUT2D eigenvalue weighted by Crippen LogP contribution is -2.20. The zero-order valence-electron chi connectivity index (χ0n) is 11.1. The quantitative estimate of drug-likeness (QED) is 0.742. The highest BCUT2D eigenvalue weighted by atomic mass is 79.9. The van der Waals surface area contributed by atoms with Crippen molar-refractivity contribution in [3.8, 4) is 0 Å². The van der Waals surface area contributed by atoms with Crippen LogP contribution in [0.5, 0.6) is 0 Å². The monoisotopic (exact) mass is 352 g/mol. The Kier molecular flexibility index (Phi) is 4.73. The summed E-state index contributed by atoms with van der Waals surface area (Å²) in [5.41, 5.74) is 3.47. The number of thiocarbonyl (C=S) groups is 1. The molecule has 0 atom stereocenters. The Balaban J connectivity index is 2.13. The molecule has 0 heterocycles. The maximum Gasteiger partial charge on any atom is 0.175 e. The molecule has 0 unspecified atom stereocenters. The maximum atomic E-state index is 13.7. The average Bonchev–Trinajstić information content (AvgIpc) is 2.37. The van der Waals surface area contributed by atoms with Gasteiger partial charge in [0.15, 0.2) is 5.11 Å². The number of benzene rings is 2. The van der Waals surface area contributed by atoms with Crippen LogP contribution in [0.1, 0.15) is 11.1 Å². The molecule has 0 spiro atoms. The number of hydrogen-bond acceptors (Lipinski definition) is 1. The van der Waals surface area contributed by atoms with Gasteiger partial charge >= 0.3 is 0 Å². The summed E-state index contributed by atoms with van der Waals surface area (Å²) in [5.74, 6) is -0.356. The first-order valence-electron chi connectivity index (χ1n) is 6.06. The van der Waals surface area contributed by atoms with E-state index in [1.165, 1.54) is 6.07 Å². The van der Waals surface area contributed by atoms with E-state index >= 15 is 0 Å². The number of halogens is 2.